The molecule has 0 aliphatic heterocycles. The highest BCUT2D eigenvalue weighted by molar-refractivity contribution is 5.92. The Balaban J connectivity index is 1.62. The molecule has 0 saturated heterocycles. The van der Waals surface area contributed by atoms with Gasteiger partial charge in [-0.05, 0) is 42.5 Å². The van der Waals surface area contributed by atoms with Gasteiger partial charge in [-0.3, -0.25) is 9.59 Å². The maximum atomic E-state index is 14.0. The van der Waals surface area contributed by atoms with Gasteiger partial charge in [-0.2, -0.15) is 13.2 Å². The molecule has 160 valence electrons. The maximum Gasteiger partial charge on any atom is 0.419 e. The van der Waals surface area contributed by atoms with E-state index in [9.17, 15) is 27.2 Å². The summed E-state index contributed by atoms with van der Waals surface area (Å²) in [6.07, 6.45) is -0.487. The lowest BCUT2D eigenvalue weighted by Crippen LogP contribution is -2.32. The largest absolute Gasteiger partial charge is 0.419 e. The Kier molecular flexibility index (Phi) is 5.25. The van der Waals surface area contributed by atoms with Crippen molar-refractivity contribution in [1.82, 2.24) is 25.3 Å². The van der Waals surface area contributed by atoms with E-state index in [-0.39, 0.29) is 28.8 Å². The molecule has 1 fully saturated rings. The highest BCUT2D eigenvalue weighted by Crippen LogP contribution is 2.42. The predicted octanol–water partition coefficient (Wildman–Crippen LogP) is 3.27. The van der Waals surface area contributed by atoms with Crippen LogP contribution in [-0.2, 0) is 6.18 Å². The van der Waals surface area contributed by atoms with Crippen molar-refractivity contribution in [1.29, 1.82) is 0 Å². The van der Waals surface area contributed by atoms with Crippen LogP contribution in [0.4, 0.5) is 17.6 Å². The lowest BCUT2D eigenvalue weighted by Gasteiger charge is -2.20. The number of nitrogens with zero attached hydrogens (tertiary/aromatic N) is 3. The number of carbonyl (C=O) groups excluding carboxylic acids is 1. The summed E-state index contributed by atoms with van der Waals surface area (Å²) in [4.78, 5) is 39.2. The number of carbonyl (C=O) groups is 1. The summed E-state index contributed by atoms with van der Waals surface area (Å²) in [5, 5.41) is 2.66. The highest BCUT2D eigenvalue weighted by Gasteiger charge is 2.37. The van der Waals surface area contributed by atoms with Crippen molar-refractivity contribution in [2.24, 2.45) is 5.92 Å². The number of hydrogen-bond donors (Lipinski definition) is 2. The molecule has 2 aromatic heterocycles. The third-order valence-corrected chi connectivity index (χ3v) is 4.79. The smallest absolute Gasteiger partial charge is 0.344 e. The van der Waals surface area contributed by atoms with Crippen LogP contribution in [0.25, 0.3) is 11.6 Å². The number of hydrogen-bond acceptors (Lipinski definition) is 5. The van der Waals surface area contributed by atoms with Crippen molar-refractivity contribution in [2.45, 2.75) is 25.1 Å². The monoisotopic (exact) mass is 433 g/mol. The molecule has 3 aromatic rings. The van der Waals surface area contributed by atoms with Gasteiger partial charge in [-0.25, -0.2) is 19.3 Å². The molecule has 2 N–H and O–H groups in total. The van der Waals surface area contributed by atoms with Gasteiger partial charge in [0.1, 0.15) is 11.5 Å². The van der Waals surface area contributed by atoms with Crippen LogP contribution < -0.4 is 10.9 Å². The van der Waals surface area contributed by atoms with Crippen molar-refractivity contribution in [3.8, 4) is 11.6 Å². The van der Waals surface area contributed by atoms with Crippen molar-refractivity contribution < 1.29 is 22.4 Å². The number of halogens is 4. The van der Waals surface area contributed by atoms with Gasteiger partial charge in [0, 0.05) is 18.5 Å². The van der Waals surface area contributed by atoms with Crippen molar-refractivity contribution in [2.75, 3.05) is 0 Å². The van der Waals surface area contributed by atoms with Crippen molar-refractivity contribution >= 4 is 5.91 Å². The Morgan fingerprint density at radius 3 is 2.48 bits per heavy atom. The molecular formula is C20H15F4N5O2. The Labute approximate surface area is 172 Å². The van der Waals surface area contributed by atoms with Crippen LogP contribution in [0.15, 0.2) is 47.5 Å². The van der Waals surface area contributed by atoms with Crippen LogP contribution in [0.5, 0.6) is 0 Å². The summed E-state index contributed by atoms with van der Waals surface area (Å²) in [5.74, 6) is -2.10. The molecule has 1 aliphatic carbocycles. The van der Waals surface area contributed by atoms with E-state index >= 15 is 0 Å². The zero-order valence-electron chi connectivity index (χ0n) is 15.8. The molecule has 11 heteroatoms. The average molecular weight is 433 g/mol. The predicted molar refractivity (Wildman–Crippen MR) is 100 cm³/mol. The SMILES string of the molecule is O=C(N[C@@H](c1ccc(C(F)(F)F)c(F)c1)C1CC1)c1cc(=O)[nH]c(-c2ncccn2)n1. The van der Waals surface area contributed by atoms with E-state index < -0.39 is 35.1 Å². The number of nitrogens with one attached hydrogen (secondary N) is 2. The minimum atomic E-state index is -4.81. The topological polar surface area (TPSA) is 101 Å². The fourth-order valence-electron chi connectivity index (χ4n) is 3.17. The number of amides is 1. The molecule has 31 heavy (non-hydrogen) atoms. The van der Waals surface area contributed by atoms with E-state index in [4.69, 9.17) is 0 Å². The van der Waals surface area contributed by atoms with Crippen LogP contribution >= 0.6 is 0 Å². The fourth-order valence-corrected chi connectivity index (χ4v) is 3.17. The normalized spacial score (nSPS) is 14.8. The molecule has 2 heterocycles. The molecule has 7 nitrogen and oxygen atoms in total. The van der Waals surface area contributed by atoms with Crippen molar-refractivity contribution in [3.63, 3.8) is 0 Å². The molecule has 1 amide bonds. The summed E-state index contributed by atoms with van der Waals surface area (Å²) >= 11 is 0. The molecule has 1 aliphatic rings. The van der Waals surface area contributed by atoms with Gasteiger partial charge < -0.3 is 10.3 Å². The minimum Gasteiger partial charge on any atom is -0.344 e. The molecule has 4 rings (SSSR count). The van der Waals surface area contributed by atoms with Gasteiger partial charge in [-0.15, -0.1) is 0 Å². The van der Waals surface area contributed by atoms with Crippen LogP contribution in [0.1, 0.15) is 40.5 Å². The standard InChI is InChI=1S/C20H15F4N5O2/c21-13-8-11(4-5-12(13)20(22,23)24)16(10-2-3-10)29-19(31)14-9-15(30)28-18(27-14)17-25-6-1-7-26-17/h1,4-10,16H,2-3H2,(H,29,31)(H,27,28,30)/t16-/m1/s1. The van der Waals surface area contributed by atoms with Crippen LogP contribution in [-0.4, -0.2) is 25.8 Å². The second-order valence-electron chi connectivity index (χ2n) is 7.08. The molecule has 0 spiro atoms. The van der Waals surface area contributed by atoms with Gasteiger partial charge in [0.05, 0.1) is 11.6 Å². The molecule has 0 unspecified atom stereocenters. The third kappa shape index (κ3) is 4.60. The van der Waals surface area contributed by atoms with Crippen LogP contribution in [0, 0.1) is 11.7 Å². The van der Waals surface area contributed by atoms with E-state index in [1.165, 1.54) is 12.4 Å². The lowest BCUT2D eigenvalue weighted by atomic mass is 10.00. The first-order chi connectivity index (χ1) is 14.7. The Morgan fingerprint density at radius 1 is 1.16 bits per heavy atom. The number of rotatable bonds is 5. The summed E-state index contributed by atoms with van der Waals surface area (Å²) in [7, 11) is 0. The van der Waals surface area contributed by atoms with E-state index in [0.717, 1.165) is 31.0 Å². The van der Waals surface area contributed by atoms with E-state index in [2.05, 4.69) is 25.3 Å². The fraction of sp³-hybridized carbons (Fsp3) is 0.250. The first kappa shape index (κ1) is 20.6. The Hall–Kier alpha value is -3.63. The second-order valence-corrected chi connectivity index (χ2v) is 7.08. The number of H-pyrrole nitrogens is 1. The summed E-state index contributed by atoms with van der Waals surface area (Å²) in [5.41, 5.74) is -1.99. The van der Waals surface area contributed by atoms with Gasteiger partial charge in [-0.1, -0.05) is 6.07 Å². The second kappa shape index (κ2) is 7.89. The summed E-state index contributed by atoms with van der Waals surface area (Å²) < 4.78 is 52.6. The number of benzene rings is 1. The third-order valence-electron chi connectivity index (χ3n) is 4.79. The van der Waals surface area contributed by atoms with E-state index in [1.54, 1.807) is 6.07 Å². The van der Waals surface area contributed by atoms with E-state index in [0.29, 0.717) is 6.07 Å². The highest BCUT2D eigenvalue weighted by atomic mass is 19.4. The van der Waals surface area contributed by atoms with E-state index in [1.807, 2.05) is 0 Å². The molecule has 1 atom stereocenters. The van der Waals surface area contributed by atoms with Crippen LogP contribution in [0.2, 0.25) is 0 Å². The first-order valence-electron chi connectivity index (χ1n) is 9.28. The summed E-state index contributed by atoms with van der Waals surface area (Å²) in [6, 6.07) is 4.41. The summed E-state index contributed by atoms with van der Waals surface area (Å²) in [6.45, 7) is 0. The van der Waals surface area contributed by atoms with Gasteiger partial charge >= 0.3 is 6.18 Å². The van der Waals surface area contributed by atoms with Crippen LogP contribution in [0.3, 0.4) is 0 Å². The number of aromatic amines is 1. The maximum absolute atomic E-state index is 14.0. The molecule has 0 radical (unpaired) electrons. The van der Waals surface area contributed by atoms with Gasteiger partial charge in [0.2, 0.25) is 0 Å². The quantitative estimate of drug-likeness (QED) is 0.602. The molecule has 1 saturated carbocycles. The molecule has 1 aromatic carbocycles. The molecular weight excluding hydrogens is 418 g/mol. The lowest BCUT2D eigenvalue weighted by molar-refractivity contribution is -0.140. The zero-order valence-corrected chi connectivity index (χ0v) is 15.8. The first-order valence-corrected chi connectivity index (χ1v) is 9.28. The number of aromatic nitrogens is 4. The molecule has 0 bridgehead atoms. The minimum absolute atomic E-state index is 0.0122. The van der Waals surface area contributed by atoms with Gasteiger partial charge in [0.15, 0.2) is 11.6 Å². The van der Waals surface area contributed by atoms with Crippen molar-refractivity contribution in [3.05, 3.63) is 75.7 Å². The number of alkyl halides is 3. The zero-order chi connectivity index (χ0) is 22.2. The Bertz CT molecular complexity index is 1180. The Morgan fingerprint density at radius 2 is 1.87 bits per heavy atom. The van der Waals surface area contributed by atoms with Gasteiger partial charge in [0.25, 0.3) is 11.5 Å². The average Bonchev–Trinajstić information content (AvgIpc) is 3.56.